The molecule has 0 aliphatic heterocycles. The van der Waals surface area contributed by atoms with E-state index in [4.69, 9.17) is 5.73 Å². The Morgan fingerprint density at radius 3 is 2.42 bits per heavy atom. The van der Waals surface area contributed by atoms with E-state index in [2.05, 4.69) is 35.6 Å². The third-order valence-electron chi connectivity index (χ3n) is 3.75. The smallest absolute Gasteiger partial charge is 0.225 e. The highest BCUT2D eigenvalue weighted by molar-refractivity contribution is 5.31. The van der Waals surface area contributed by atoms with Crippen molar-refractivity contribution in [3.8, 4) is 0 Å². The molecule has 4 nitrogen and oxygen atoms in total. The van der Waals surface area contributed by atoms with Gasteiger partial charge in [-0.25, -0.2) is 9.97 Å². The first kappa shape index (κ1) is 14.3. The van der Waals surface area contributed by atoms with Gasteiger partial charge in [0, 0.05) is 31.0 Å². The first-order chi connectivity index (χ1) is 9.10. The summed E-state index contributed by atoms with van der Waals surface area (Å²) in [6.45, 7) is 7.60. The molecule has 1 aromatic rings. The highest BCUT2D eigenvalue weighted by Crippen LogP contribution is 2.31. The molecule has 19 heavy (non-hydrogen) atoms. The first-order valence-corrected chi connectivity index (χ1v) is 7.43. The molecular weight excluding hydrogens is 236 g/mol. The Bertz CT molecular complexity index is 384. The van der Waals surface area contributed by atoms with E-state index in [1.165, 1.54) is 12.8 Å². The fraction of sp³-hybridized carbons (Fsp3) is 0.733. The quantitative estimate of drug-likeness (QED) is 0.819. The molecule has 1 unspecified atom stereocenters. The van der Waals surface area contributed by atoms with Crippen molar-refractivity contribution in [2.75, 3.05) is 11.4 Å². The summed E-state index contributed by atoms with van der Waals surface area (Å²) in [6, 6.07) is 0.659. The summed E-state index contributed by atoms with van der Waals surface area (Å²) < 4.78 is 0. The van der Waals surface area contributed by atoms with E-state index in [0.29, 0.717) is 6.04 Å². The number of anilines is 1. The third kappa shape index (κ3) is 4.16. The van der Waals surface area contributed by atoms with Gasteiger partial charge in [-0.1, -0.05) is 6.92 Å². The average Bonchev–Trinajstić information content (AvgIpc) is 3.20. The molecule has 1 aliphatic rings. The van der Waals surface area contributed by atoms with Crippen LogP contribution in [0.15, 0.2) is 12.4 Å². The van der Waals surface area contributed by atoms with Gasteiger partial charge in [0.1, 0.15) is 0 Å². The van der Waals surface area contributed by atoms with E-state index in [-0.39, 0.29) is 6.04 Å². The van der Waals surface area contributed by atoms with Crippen molar-refractivity contribution in [1.29, 1.82) is 0 Å². The van der Waals surface area contributed by atoms with E-state index in [0.717, 1.165) is 36.8 Å². The predicted molar refractivity (Wildman–Crippen MR) is 79.2 cm³/mol. The van der Waals surface area contributed by atoms with Crippen LogP contribution in [-0.4, -0.2) is 28.6 Å². The normalized spacial score (nSPS) is 16.7. The van der Waals surface area contributed by atoms with Crippen molar-refractivity contribution < 1.29 is 0 Å². The van der Waals surface area contributed by atoms with Gasteiger partial charge in [-0.15, -0.1) is 0 Å². The van der Waals surface area contributed by atoms with Crippen molar-refractivity contribution in [2.24, 2.45) is 11.7 Å². The maximum absolute atomic E-state index is 5.96. The van der Waals surface area contributed by atoms with Crippen LogP contribution in [0.2, 0.25) is 0 Å². The summed E-state index contributed by atoms with van der Waals surface area (Å²) in [6.07, 6.45) is 8.42. The van der Waals surface area contributed by atoms with Crippen LogP contribution in [0.4, 0.5) is 5.95 Å². The number of hydrogen-bond acceptors (Lipinski definition) is 4. The van der Waals surface area contributed by atoms with Gasteiger partial charge in [-0.05, 0) is 51.0 Å². The van der Waals surface area contributed by atoms with E-state index in [1.807, 2.05) is 12.4 Å². The van der Waals surface area contributed by atoms with Gasteiger partial charge in [0.2, 0.25) is 5.95 Å². The summed E-state index contributed by atoms with van der Waals surface area (Å²) in [5, 5.41) is 0. The van der Waals surface area contributed by atoms with Crippen molar-refractivity contribution >= 4 is 5.95 Å². The molecule has 0 spiro atoms. The molecule has 2 rings (SSSR count). The summed E-state index contributed by atoms with van der Waals surface area (Å²) in [4.78, 5) is 11.4. The maximum atomic E-state index is 5.96. The lowest BCUT2D eigenvalue weighted by molar-refractivity contribution is 0.621. The number of aromatic nitrogens is 2. The zero-order valence-electron chi connectivity index (χ0n) is 12.3. The van der Waals surface area contributed by atoms with Gasteiger partial charge in [0.15, 0.2) is 0 Å². The summed E-state index contributed by atoms with van der Waals surface area (Å²) >= 11 is 0. The second kappa shape index (κ2) is 6.33. The fourth-order valence-corrected chi connectivity index (χ4v) is 2.15. The molecule has 1 aromatic heterocycles. The largest absolute Gasteiger partial charge is 0.338 e. The molecule has 2 N–H and O–H groups in total. The zero-order valence-corrected chi connectivity index (χ0v) is 12.3. The Hall–Kier alpha value is -1.16. The predicted octanol–water partition coefficient (Wildman–Crippen LogP) is 2.38. The minimum atomic E-state index is 0.210. The third-order valence-corrected chi connectivity index (χ3v) is 3.75. The van der Waals surface area contributed by atoms with Crippen LogP contribution in [0.3, 0.4) is 0 Å². The molecule has 0 radical (unpaired) electrons. The molecule has 0 amide bonds. The summed E-state index contributed by atoms with van der Waals surface area (Å²) in [5.41, 5.74) is 7.09. The van der Waals surface area contributed by atoms with Crippen molar-refractivity contribution in [2.45, 2.75) is 58.5 Å². The molecule has 106 valence electrons. The molecule has 0 aromatic carbocycles. The molecule has 1 aliphatic carbocycles. The second-order valence-corrected chi connectivity index (χ2v) is 5.95. The zero-order chi connectivity index (χ0) is 13.8. The Kier molecular flexibility index (Phi) is 4.75. The van der Waals surface area contributed by atoms with E-state index in [1.54, 1.807) is 0 Å². The van der Waals surface area contributed by atoms with Crippen molar-refractivity contribution in [3.63, 3.8) is 0 Å². The molecule has 0 bridgehead atoms. The second-order valence-electron chi connectivity index (χ2n) is 5.95. The van der Waals surface area contributed by atoms with Gasteiger partial charge >= 0.3 is 0 Å². The lowest BCUT2D eigenvalue weighted by atomic mass is 10.1. The molecule has 1 atom stereocenters. The Balaban J connectivity index is 2.02. The molecule has 1 fully saturated rings. The number of hydrogen-bond donors (Lipinski definition) is 1. The maximum Gasteiger partial charge on any atom is 0.225 e. The SMILES string of the molecule is CCC(N)Cc1cnc(N(CC2CC2)C(C)C)nc1. The minimum absolute atomic E-state index is 0.210. The number of nitrogens with two attached hydrogens (primary N) is 1. The lowest BCUT2D eigenvalue weighted by Crippen LogP contribution is -2.34. The molecule has 1 saturated carbocycles. The van der Waals surface area contributed by atoms with Crippen LogP contribution in [0.5, 0.6) is 0 Å². The van der Waals surface area contributed by atoms with Crippen LogP contribution < -0.4 is 10.6 Å². The van der Waals surface area contributed by atoms with Crippen LogP contribution in [0, 0.1) is 5.92 Å². The lowest BCUT2D eigenvalue weighted by Gasteiger charge is -2.26. The fourth-order valence-electron chi connectivity index (χ4n) is 2.15. The van der Waals surface area contributed by atoms with Gasteiger partial charge < -0.3 is 10.6 Å². The van der Waals surface area contributed by atoms with Crippen LogP contribution in [0.1, 0.15) is 45.6 Å². The molecule has 4 heteroatoms. The minimum Gasteiger partial charge on any atom is -0.338 e. The van der Waals surface area contributed by atoms with Crippen molar-refractivity contribution in [1.82, 2.24) is 9.97 Å². The summed E-state index contributed by atoms with van der Waals surface area (Å²) in [5.74, 6) is 1.70. The average molecular weight is 262 g/mol. The van der Waals surface area contributed by atoms with Gasteiger partial charge in [-0.3, -0.25) is 0 Å². The highest BCUT2D eigenvalue weighted by atomic mass is 15.3. The number of nitrogens with zero attached hydrogens (tertiary/aromatic N) is 3. The molecular formula is C15H26N4. The van der Waals surface area contributed by atoms with Crippen LogP contribution in [-0.2, 0) is 6.42 Å². The summed E-state index contributed by atoms with van der Waals surface area (Å²) in [7, 11) is 0. The monoisotopic (exact) mass is 262 g/mol. The van der Waals surface area contributed by atoms with Crippen molar-refractivity contribution in [3.05, 3.63) is 18.0 Å². The van der Waals surface area contributed by atoms with Gasteiger partial charge in [-0.2, -0.15) is 0 Å². The van der Waals surface area contributed by atoms with Gasteiger partial charge in [0.25, 0.3) is 0 Å². The van der Waals surface area contributed by atoms with E-state index >= 15 is 0 Å². The molecule has 1 heterocycles. The standard InChI is InChI=1S/C15H26N4/c1-4-14(16)7-13-8-17-15(18-9-13)19(11(2)3)10-12-5-6-12/h8-9,11-12,14H,4-7,10,16H2,1-3H3. The van der Waals surface area contributed by atoms with E-state index < -0.39 is 0 Å². The van der Waals surface area contributed by atoms with E-state index in [9.17, 15) is 0 Å². The topological polar surface area (TPSA) is 55.0 Å². The number of rotatable bonds is 7. The Morgan fingerprint density at radius 1 is 1.32 bits per heavy atom. The molecule has 0 saturated heterocycles. The van der Waals surface area contributed by atoms with Gasteiger partial charge in [0.05, 0.1) is 0 Å². The Labute approximate surface area is 116 Å². The van der Waals surface area contributed by atoms with Crippen LogP contribution in [0.25, 0.3) is 0 Å². The first-order valence-electron chi connectivity index (χ1n) is 7.43. The van der Waals surface area contributed by atoms with Crippen LogP contribution >= 0.6 is 0 Å². The Morgan fingerprint density at radius 2 is 1.95 bits per heavy atom. The highest BCUT2D eigenvalue weighted by Gasteiger charge is 2.26.